The molecular formula is C11H13BrClN5. The van der Waals surface area contributed by atoms with Crippen molar-refractivity contribution in [3.8, 4) is 5.69 Å². The molecule has 0 fully saturated rings. The van der Waals surface area contributed by atoms with Gasteiger partial charge >= 0.3 is 0 Å². The lowest BCUT2D eigenvalue weighted by Gasteiger charge is -2.06. The van der Waals surface area contributed by atoms with Gasteiger partial charge in [-0.25, -0.2) is 0 Å². The Kier molecular flexibility index (Phi) is 4.68. The standard InChI is InChI=1S/C11H13BrClN5/c1-2-5-14-7-11-15-16-17-18(11)8-3-4-9(12)10(13)6-8/h3-4,6,14H,2,5,7H2,1H3. The number of benzene rings is 1. The maximum absolute atomic E-state index is 6.07. The van der Waals surface area contributed by atoms with Crippen LogP contribution in [0, 0.1) is 0 Å². The molecule has 0 atom stereocenters. The van der Waals surface area contributed by atoms with Crippen molar-refractivity contribution in [3.05, 3.63) is 33.5 Å². The number of rotatable bonds is 5. The Morgan fingerprint density at radius 3 is 3.00 bits per heavy atom. The molecule has 7 heteroatoms. The predicted octanol–water partition coefficient (Wildman–Crippen LogP) is 2.58. The average Bonchev–Trinajstić information content (AvgIpc) is 2.81. The Hall–Kier alpha value is -0.980. The Labute approximate surface area is 119 Å². The first-order chi connectivity index (χ1) is 8.72. The summed E-state index contributed by atoms with van der Waals surface area (Å²) in [7, 11) is 0. The highest BCUT2D eigenvalue weighted by molar-refractivity contribution is 9.10. The van der Waals surface area contributed by atoms with Crippen LogP contribution < -0.4 is 5.32 Å². The van der Waals surface area contributed by atoms with Gasteiger partial charge in [0.05, 0.1) is 17.3 Å². The lowest BCUT2D eigenvalue weighted by Crippen LogP contribution is -2.17. The van der Waals surface area contributed by atoms with E-state index in [9.17, 15) is 0 Å². The molecule has 0 unspecified atom stereocenters. The van der Waals surface area contributed by atoms with Crippen molar-refractivity contribution >= 4 is 27.5 Å². The topological polar surface area (TPSA) is 55.6 Å². The van der Waals surface area contributed by atoms with Crippen LogP contribution in [-0.4, -0.2) is 26.8 Å². The van der Waals surface area contributed by atoms with Gasteiger partial charge in [-0.3, -0.25) is 0 Å². The molecule has 2 rings (SSSR count). The monoisotopic (exact) mass is 329 g/mol. The fourth-order valence-electron chi connectivity index (χ4n) is 1.51. The summed E-state index contributed by atoms with van der Waals surface area (Å²) in [6, 6.07) is 5.61. The third kappa shape index (κ3) is 3.07. The first kappa shape index (κ1) is 13.5. The lowest BCUT2D eigenvalue weighted by atomic mass is 10.3. The largest absolute Gasteiger partial charge is 0.310 e. The molecule has 2 aromatic rings. The van der Waals surface area contributed by atoms with Crippen molar-refractivity contribution in [1.82, 2.24) is 25.5 Å². The molecule has 0 amide bonds. The van der Waals surface area contributed by atoms with Gasteiger partial charge in [-0.1, -0.05) is 18.5 Å². The van der Waals surface area contributed by atoms with E-state index < -0.39 is 0 Å². The summed E-state index contributed by atoms with van der Waals surface area (Å²) in [4.78, 5) is 0. The highest BCUT2D eigenvalue weighted by atomic mass is 79.9. The number of hydrogen-bond donors (Lipinski definition) is 1. The summed E-state index contributed by atoms with van der Waals surface area (Å²) in [6.45, 7) is 3.69. The summed E-state index contributed by atoms with van der Waals surface area (Å²) in [5.74, 6) is 0.766. The quantitative estimate of drug-likeness (QED) is 0.856. The molecule has 0 aliphatic rings. The van der Waals surface area contributed by atoms with Crippen LogP contribution in [0.15, 0.2) is 22.7 Å². The average molecular weight is 331 g/mol. The van der Waals surface area contributed by atoms with E-state index in [-0.39, 0.29) is 0 Å². The minimum Gasteiger partial charge on any atom is -0.310 e. The van der Waals surface area contributed by atoms with E-state index in [1.807, 2.05) is 18.2 Å². The van der Waals surface area contributed by atoms with E-state index in [0.717, 1.165) is 29.0 Å². The van der Waals surface area contributed by atoms with E-state index in [2.05, 4.69) is 43.7 Å². The molecule has 0 aliphatic heterocycles. The predicted molar refractivity (Wildman–Crippen MR) is 73.9 cm³/mol. The molecule has 0 bridgehead atoms. The second-order valence-electron chi connectivity index (χ2n) is 3.78. The summed E-state index contributed by atoms with van der Waals surface area (Å²) >= 11 is 9.42. The molecule has 1 heterocycles. The molecule has 0 spiro atoms. The summed E-state index contributed by atoms with van der Waals surface area (Å²) < 4.78 is 2.53. The van der Waals surface area contributed by atoms with E-state index >= 15 is 0 Å². The van der Waals surface area contributed by atoms with E-state index in [1.54, 1.807) is 4.68 Å². The van der Waals surface area contributed by atoms with Gasteiger partial charge in [-0.05, 0) is 57.5 Å². The molecule has 0 saturated heterocycles. The van der Waals surface area contributed by atoms with E-state index in [0.29, 0.717) is 11.6 Å². The Morgan fingerprint density at radius 2 is 2.28 bits per heavy atom. The van der Waals surface area contributed by atoms with Gasteiger partial charge in [-0.15, -0.1) is 5.10 Å². The number of nitrogens with one attached hydrogen (secondary N) is 1. The fourth-order valence-corrected chi connectivity index (χ4v) is 1.93. The van der Waals surface area contributed by atoms with Crippen LogP contribution in [0.1, 0.15) is 19.2 Å². The number of hydrogen-bond acceptors (Lipinski definition) is 4. The maximum Gasteiger partial charge on any atom is 0.170 e. The molecule has 1 N–H and O–H groups in total. The molecule has 5 nitrogen and oxygen atoms in total. The SMILES string of the molecule is CCCNCc1nnnn1-c1ccc(Br)c(Cl)c1. The van der Waals surface area contributed by atoms with Gasteiger partial charge in [0.2, 0.25) is 0 Å². The zero-order chi connectivity index (χ0) is 13.0. The van der Waals surface area contributed by atoms with Crippen molar-refractivity contribution in [2.75, 3.05) is 6.54 Å². The van der Waals surface area contributed by atoms with Crippen molar-refractivity contribution in [2.24, 2.45) is 0 Å². The van der Waals surface area contributed by atoms with Crippen LogP contribution in [0.5, 0.6) is 0 Å². The summed E-state index contributed by atoms with van der Waals surface area (Å²) in [5.41, 5.74) is 0.849. The van der Waals surface area contributed by atoms with Crippen LogP contribution >= 0.6 is 27.5 Å². The zero-order valence-corrected chi connectivity index (χ0v) is 12.2. The molecular weight excluding hydrogens is 318 g/mol. The van der Waals surface area contributed by atoms with Gasteiger partial charge in [0.15, 0.2) is 5.82 Å². The van der Waals surface area contributed by atoms with E-state index in [1.165, 1.54) is 0 Å². The summed E-state index contributed by atoms with van der Waals surface area (Å²) in [6.07, 6.45) is 1.08. The van der Waals surface area contributed by atoms with Crippen LogP contribution in [0.2, 0.25) is 5.02 Å². The number of tetrazole rings is 1. The smallest absolute Gasteiger partial charge is 0.170 e. The van der Waals surface area contributed by atoms with Crippen LogP contribution in [0.4, 0.5) is 0 Å². The van der Waals surface area contributed by atoms with Crippen molar-refractivity contribution in [2.45, 2.75) is 19.9 Å². The molecule has 1 aromatic carbocycles. The van der Waals surface area contributed by atoms with Gasteiger partial charge in [0, 0.05) is 4.47 Å². The Morgan fingerprint density at radius 1 is 1.44 bits per heavy atom. The van der Waals surface area contributed by atoms with Gasteiger partial charge < -0.3 is 5.32 Å². The second kappa shape index (κ2) is 6.26. The molecule has 18 heavy (non-hydrogen) atoms. The minimum atomic E-state index is 0.633. The highest BCUT2D eigenvalue weighted by Gasteiger charge is 2.09. The van der Waals surface area contributed by atoms with Crippen LogP contribution in [-0.2, 0) is 6.54 Å². The fraction of sp³-hybridized carbons (Fsp3) is 0.364. The van der Waals surface area contributed by atoms with Crippen LogP contribution in [0.3, 0.4) is 0 Å². The van der Waals surface area contributed by atoms with Gasteiger partial charge in [-0.2, -0.15) is 4.68 Å². The van der Waals surface area contributed by atoms with Crippen LogP contribution in [0.25, 0.3) is 5.69 Å². The Balaban J connectivity index is 2.22. The van der Waals surface area contributed by atoms with Gasteiger partial charge in [0.25, 0.3) is 0 Å². The second-order valence-corrected chi connectivity index (χ2v) is 5.04. The third-order valence-electron chi connectivity index (χ3n) is 2.39. The highest BCUT2D eigenvalue weighted by Crippen LogP contribution is 2.24. The first-order valence-electron chi connectivity index (χ1n) is 5.65. The van der Waals surface area contributed by atoms with Crippen molar-refractivity contribution in [1.29, 1.82) is 0 Å². The van der Waals surface area contributed by atoms with Crippen molar-refractivity contribution in [3.63, 3.8) is 0 Å². The van der Waals surface area contributed by atoms with E-state index in [4.69, 9.17) is 11.6 Å². The lowest BCUT2D eigenvalue weighted by molar-refractivity contribution is 0.633. The normalized spacial score (nSPS) is 10.8. The minimum absolute atomic E-state index is 0.633. The molecule has 96 valence electrons. The molecule has 0 saturated carbocycles. The molecule has 1 aromatic heterocycles. The summed E-state index contributed by atoms with van der Waals surface area (Å²) in [5, 5.41) is 15.6. The zero-order valence-electron chi connectivity index (χ0n) is 9.90. The van der Waals surface area contributed by atoms with Gasteiger partial charge in [0.1, 0.15) is 0 Å². The Bertz CT molecular complexity index is 528. The maximum atomic E-state index is 6.07. The third-order valence-corrected chi connectivity index (χ3v) is 3.62. The number of halogens is 2. The van der Waals surface area contributed by atoms with Crippen molar-refractivity contribution < 1.29 is 0 Å². The molecule has 0 radical (unpaired) electrons. The number of aromatic nitrogens is 4. The first-order valence-corrected chi connectivity index (χ1v) is 6.83. The number of nitrogens with zero attached hydrogens (tertiary/aromatic N) is 4. The molecule has 0 aliphatic carbocycles.